The molecule has 0 spiro atoms. The number of rotatable bonds is 6. The van der Waals surface area contributed by atoms with Crippen molar-refractivity contribution in [1.82, 2.24) is 5.32 Å². The summed E-state index contributed by atoms with van der Waals surface area (Å²) in [4.78, 5) is 11.0. The van der Waals surface area contributed by atoms with E-state index in [-0.39, 0.29) is 17.5 Å². The number of hydrogen-bond donors (Lipinski definition) is 2. The smallest absolute Gasteiger partial charge is 0.269 e. The van der Waals surface area contributed by atoms with E-state index in [9.17, 15) is 15.2 Å². The van der Waals surface area contributed by atoms with Gasteiger partial charge in [0.2, 0.25) is 0 Å². The van der Waals surface area contributed by atoms with E-state index >= 15 is 0 Å². The number of phenols is 1. The van der Waals surface area contributed by atoms with Crippen LogP contribution in [0.4, 0.5) is 5.69 Å². The van der Waals surface area contributed by atoms with Gasteiger partial charge in [0.05, 0.1) is 11.0 Å². The topological polar surface area (TPSA) is 75.4 Å². The SMILES string of the molecule is C[C@@H](N[C@H](c1cccc([N+](=O)[O-])c1)c1c(O)ccc2ccccc12)c1ccccc1. The third kappa shape index (κ3) is 3.88. The van der Waals surface area contributed by atoms with Crippen LogP contribution in [-0.4, -0.2) is 10.0 Å². The normalized spacial score (nSPS) is 13.1. The van der Waals surface area contributed by atoms with Crippen molar-refractivity contribution in [1.29, 1.82) is 0 Å². The lowest BCUT2D eigenvalue weighted by molar-refractivity contribution is -0.384. The van der Waals surface area contributed by atoms with Crippen molar-refractivity contribution >= 4 is 16.5 Å². The second-order valence-electron chi connectivity index (χ2n) is 7.30. The summed E-state index contributed by atoms with van der Waals surface area (Å²) in [6.07, 6.45) is 0. The van der Waals surface area contributed by atoms with E-state index in [4.69, 9.17) is 0 Å². The Hall–Kier alpha value is -3.70. The van der Waals surface area contributed by atoms with Gasteiger partial charge in [0.15, 0.2) is 0 Å². The van der Waals surface area contributed by atoms with Gasteiger partial charge in [-0.3, -0.25) is 15.4 Å². The number of non-ortho nitro benzene ring substituents is 1. The van der Waals surface area contributed by atoms with E-state index in [2.05, 4.69) is 5.32 Å². The molecule has 4 aromatic rings. The van der Waals surface area contributed by atoms with Crippen LogP contribution in [0.5, 0.6) is 5.75 Å². The largest absolute Gasteiger partial charge is 0.508 e. The van der Waals surface area contributed by atoms with Crippen molar-refractivity contribution in [3.63, 3.8) is 0 Å². The Morgan fingerprint density at radius 1 is 0.867 bits per heavy atom. The number of benzene rings is 4. The first-order chi connectivity index (χ1) is 14.5. The Morgan fingerprint density at radius 2 is 1.57 bits per heavy atom. The zero-order valence-corrected chi connectivity index (χ0v) is 16.5. The van der Waals surface area contributed by atoms with Crippen molar-refractivity contribution in [2.75, 3.05) is 0 Å². The van der Waals surface area contributed by atoms with E-state index in [1.165, 1.54) is 6.07 Å². The van der Waals surface area contributed by atoms with Crippen molar-refractivity contribution in [3.8, 4) is 5.75 Å². The highest BCUT2D eigenvalue weighted by Gasteiger charge is 2.24. The molecular formula is C25H22N2O3. The molecule has 150 valence electrons. The predicted molar refractivity (Wildman–Crippen MR) is 119 cm³/mol. The van der Waals surface area contributed by atoms with E-state index in [1.807, 2.05) is 73.7 Å². The third-order valence-electron chi connectivity index (χ3n) is 5.37. The summed E-state index contributed by atoms with van der Waals surface area (Å²) < 4.78 is 0. The molecule has 2 N–H and O–H groups in total. The lowest BCUT2D eigenvalue weighted by Crippen LogP contribution is -2.26. The summed E-state index contributed by atoms with van der Waals surface area (Å²) >= 11 is 0. The quantitative estimate of drug-likeness (QED) is 0.313. The van der Waals surface area contributed by atoms with Crippen LogP contribution in [0.25, 0.3) is 10.8 Å². The Kier molecular flexibility index (Phi) is 5.46. The van der Waals surface area contributed by atoms with Gasteiger partial charge in [0, 0.05) is 23.7 Å². The van der Waals surface area contributed by atoms with Crippen LogP contribution < -0.4 is 5.32 Å². The van der Waals surface area contributed by atoms with Crippen LogP contribution in [0.3, 0.4) is 0 Å². The number of aromatic hydroxyl groups is 1. The minimum absolute atomic E-state index is 0.0198. The first kappa shape index (κ1) is 19.6. The molecule has 5 heteroatoms. The number of nitro benzene ring substituents is 1. The van der Waals surface area contributed by atoms with Crippen molar-refractivity contribution in [2.24, 2.45) is 0 Å². The summed E-state index contributed by atoms with van der Waals surface area (Å²) in [5, 5.41) is 27.7. The Labute approximate surface area is 174 Å². The number of nitrogens with zero attached hydrogens (tertiary/aromatic N) is 1. The second-order valence-corrected chi connectivity index (χ2v) is 7.30. The molecule has 0 heterocycles. The lowest BCUT2D eigenvalue weighted by atomic mass is 9.91. The zero-order valence-electron chi connectivity index (χ0n) is 16.5. The van der Waals surface area contributed by atoms with Gasteiger partial charge in [-0.1, -0.05) is 72.8 Å². The standard InChI is InChI=1S/C25H22N2O3/c1-17(18-8-3-2-4-9-18)26-25(20-11-7-12-21(16-20)27(29)30)24-22-13-6-5-10-19(22)14-15-23(24)28/h2-17,25-26,28H,1H3/t17-,25-/m1/s1. The van der Waals surface area contributed by atoms with Gasteiger partial charge in [0.1, 0.15) is 5.75 Å². The second kappa shape index (κ2) is 8.35. The molecule has 30 heavy (non-hydrogen) atoms. The average molecular weight is 398 g/mol. The van der Waals surface area contributed by atoms with E-state index in [0.717, 1.165) is 21.9 Å². The average Bonchev–Trinajstić information content (AvgIpc) is 2.78. The number of phenolic OH excluding ortho intramolecular Hbond substituents is 1. The molecule has 0 fully saturated rings. The highest BCUT2D eigenvalue weighted by Crippen LogP contribution is 2.38. The molecule has 0 aromatic heterocycles. The van der Waals surface area contributed by atoms with Crippen LogP contribution in [0.15, 0.2) is 91.0 Å². The zero-order chi connectivity index (χ0) is 21.1. The molecule has 0 saturated heterocycles. The third-order valence-corrected chi connectivity index (χ3v) is 5.37. The van der Waals surface area contributed by atoms with Crippen LogP contribution in [0.1, 0.15) is 35.7 Å². The fourth-order valence-corrected chi connectivity index (χ4v) is 3.84. The van der Waals surface area contributed by atoms with Gasteiger partial charge in [-0.2, -0.15) is 0 Å². The minimum atomic E-state index is -0.439. The Morgan fingerprint density at radius 3 is 2.33 bits per heavy atom. The maximum atomic E-state index is 11.4. The van der Waals surface area contributed by atoms with Crippen LogP contribution >= 0.6 is 0 Å². The number of hydrogen-bond acceptors (Lipinski definition) is 4. The highest BCUT2D eigenvalue weighted by molar-refractivity contribution is 5.88. The molecule has 0 saturated carbocycles. The molecule has 0 aliphatic rings. The Bertz CT molecular complexity index is 1190. The van der Waals surface area contributed by atoms with Gasteiger partial charge in [-0.25, -0.2) is 0 Å². The fraction of sp³-hybridized carbons (Fsp3) is 0.120. The monoisotopic (exact) mass is 398 g/mol. The predicted octanol–water partition coefficient (Wildman–Crippen LogP) is 5.89. The molecular weight excluding hydrogens is 376 g/mol. The van der Waals surface area contributed by atoms with Crippen molar-refractivity contribution in [2.45, 2.75) is 19.0 Å². The summed E-state index contributed by atoms with van der Waals surface area (Å²) in [6.45, 7) is 2.04. The van der Waals surface area contributed by atoms with E-state index in [1.54, 1.807) is 18.2 Å². The molecule has 0 aliphatic carbocycles. The summed E-state index contributed by atoms with van der Waals surface area (Å²) in [7, 11) is 0. The molecule has 5 nitrogen and oxygen atoms in total. The van der Waals surface area contributed by atoms with Crippen LogP contribution in [0.2, 0.25) is 0 Å². The van der Waals surface area contributed by atoms with Gasteiger partial charge in [-0.15, -0.1) is 0 Å². The molecule has 0 aliphatic heterocycles. The highest BCUT2D eigenvalue weighted by atomic mass is 16.6. The van der Waals surface area contributed by atoms with Gasteiger partial charge >= 0.3 is 0 Å². The van der Waals surface area contributed by atoms with Gasteiger partial charge < -0.3 is 5.11 Å². The van der Waals surface area contributed by atoms with E-state index < -0.39 is 11.0 Å². The maximum Gasteiger partial charge on any atom is 0.269 e. The minimum Gasteiger partial charge on any atom is -0.508 e. The lowest BCUT2D eigenvalue weighted by Gasteiger charge is -2.26. The van der Waals surface area contributed by atoms with Gasteiger partial charge in [0.25, 0.3) is 5.69 Å². The molecule has 0 unspecified atom stereocenters. The first-order valence-electron chi connectivity index (χ1n) is 9.80. The fourth-order valence-electron chi connectivity index (χ4n) is 3.84. The van der Waals surface area contributed by atoms with Gasteiger partial charge in [-0.05, 0) is 34.9 Å². The molecule has 0 radical (unpaired) electrons. The molecule has 4 aromatic carbocycles. The molecule has 4 rings (SSSR count). The maximum absolute atomic E-state index is 11.4. The molecule has 2 atom stereocenters. The number of nitro groups is 1. The van der Waals surface area contributed by atoms with Crippen molar-refractivity contribution in [3.05, 3.63) is 118 Å². The first-order valence-corrected chi connectivity index (χ1v) is 9.80. The number of fused-ring (bicyclic) bond motifs is 1. The van der Waals surface area contributed by atoms with Crippen LogP contribution in [0, 0.1) is 10.1 Å². The molecule has 0 bridgehead atoms. The number of nitrogens with one attached hydrogen (secondary N) is 1. The van der Waals surface area contributed by atoms with E-state index in [0.29, 0.717) is 5.56 Å². The Balaban J connectivity index is 1.88. The summed E-state index contributed by atoms with van der Waals surface area (Å²) in [5.74, 6) is 0.151. The van der Waals surface area contributed by atoms with Crippen molar-refractivity contribution < 1.29 is 10.0 Å². The van der Waals surface area contributed by atoms with Crippen LogP contribution in [-0.2, 0) is 0 Å². The molecule has 0 amide bonds. The summed E-state index contributed by atoms with van der Waals surface area (Å²) in [5.41, 5.74) is 2.54. The summed E-state index contributed by atoms with van der Waals surface area (Å²) in [6, 6.07) is 27.4.